The quantitative estimate of drug-likeness (QED) is 0.0557. The number of benzene rings is 2. The molecule has 11 heteroatoms. The highest BCUT2D eigenvalue weighted by Crippen LogP contribution is 2.30. The molecule has 2 aromatic heterocycles. The van der Waals surface area contributed by atoms with Crippen molar-refractivity contribution in [2.24, 2.45) is 0 Å². The van der Waals surface area contributed by atoms with Crippen LogP contribution in [0.4, 0.5) is 0 Å². The molecule has 3 unspecified atom stereocenters. The normalized spacial score (nSPS) is 13.2. The summed E-state index contributed by atoms with van der Waals surface area (Å²) in [5.41, 5.74) is 3.25. The smallest absolute Gasteiger partial charge is 0.329 e. The molecule has 0 radical (unpaired) electrons. The first-order chi connectivity index (χ1) is 25.8. The average molecular weight is 753 g/mol. The maximum atomic E-state index is 13.7. The van der Waals surface area contributed by atoms with Gasteiger partial charge < -0.3 is 25.6 Å². The number of ether oxygens (including phenoxy) is 1. The van der Waals surface area contributed by atoms with Crippen LogP contribution in [0.15, 0.2) is 97.4 Å². The molecule has 4 rings (SSSR count). The van der Waals surface area contributed by atoms with E-state index in [4.69, 9.17) is 4.74 Å². The first kappa shape index (κ1) is 41.6. The second-order valence-electron chi connectivity index (χ2n) is 14.3. The summed E-state index contributed by atoms with van der Waals surface area (Å²) in [5, 5.41) is 25.8. The Bertz CT molecular complexity index is 1880. The van der Waals surface area contributed by atoms with Gasteiger partial charge in [-0.2, -0.15) is 0 Å². The average Bonchev–Trinajstić information content (AvgIpc) is 3.67. The highest BCUT2D eigenvalue weighted by atomic mass is 32.1. The van der Waals surface area contributed by atoms with Crippen LogP contribution in [0.2, 0.25) is 0 Å². The number of hydrogen-bond acceptors (Lipinski definition) is 8. The molecule has 0 aliphatic carbocycles. The van der Waals surface area contributed by atoms with E-state index in [0.717, 1.165) is 33.7 Å². The third kappa shape index (κ3) is 11.9. The van der Waals surface area contributed by atoms with Crippen molar-refractivity contribution in [1.29, 1.82) is 0 Å². The maximum Gasteiger partial charge on any atom is 0.329 e. The molecule has 286 valence electrons. The minimum absolute atomic E-state index is 0.0476. The summed E-state index contributed by atoms with van der Waals surface area (Å²) in [6.07, 6.45) is 11.0. The number of nitrogens with zero attached hydrogens (tertiary/aromatic N) is 2. The van der Waals surface area contributed by atoms with Crippen LogP contribution in [-0.4, -0.2) is 62.8 Å². The van der Waals surface area contributed by atoms with Crippen LogP contribution < -0.4 is 15.4 Å². The van der Waals surface area contributed by atoms with Gasteiger partial charge in [0.2, 0.25) is 5.91 Å². The number of rotatable bonds is 19. The first-order valence-corrected chi connectivity index (χ1v) is 19.2. The first-order valence-electron chi connectivity index (χ1n) is 18.4. The van der Waals surface area contributed by atoms with Crippen LogP contribution in [0.25, 0.3) is 22.5 Å². The summed E-state index contributed by atoms with van der Waals surface area (Å²) in [5.74, 6) is -1.32. The number of carbonyl (C=O) groups excluding carboxylic acids is 2. The lowest BCUT2D eigenvalue weighted by Crippen LogP contribution is -2.56. The Balaban J connectivity index is 1.46. The van der Waals surface area contributed by atoms with Gasteiger partial charge in [-0.1, -0.05) is 109 Å². The number of allylic oxidation sites excluding steroid dienone is 1. The Labute approximate surface area is 322 Å². The fraction of sp³-hybridized carbons (Fsp3) is 0.372. The number of hydrogen-bond donors (Lipinski definition) is 4. The monoisotopic (exact) mass is 752 g/mol. The van der Waals surface area contributed by atoms with Gasteiger partial charge in [-0.15, -0.1) is 11.3 Å². The Kier molecular flexibility index (Phi) is 15.3. The summed E-state index contributed by atoms with van der Waals surface area (Å²) in [4.78, 5) is 49.8. The van der Waals surface area contributed by atoms with Gasteiger partial charge in [-0.25, -0.2) is 14.8 Å². The summed E-state index contributed by atoms with van der Waals surface area (Å²) in [6.45, 7) is 14.5. The molecule has 2 heterocycles. The molecule has 2 amide bonds. The Morgan fingerprint density at radius 1 is 0.889 bits per heavy atom. The summed E-state index contributed by atoms with van der Waals surface area (Å²) >= 11 is 1.33. The second kappa shape index (κ2) is 19.8. The van der Waals surface area contributed by atoms with Crippen molar-refractivity contribution < 1.29 is 29.3 Å². The standard InChI is InChI=1S/C43H52N4O6S/c1-7-9-10-11-12-24-53-33-20-18-30(19-21-33)32-26-44-39(45-27-32)31-16-14-29(15-17-31)25-34(46-41(50)35-22-23-36(54-35)43(4,5)6)40(49)47-37(42(51)52)38(48)28(3)13-8-2/h8,13-23,26-27,34,37-38,48H,3,7,9-12,24-25H2,1-2,4-6H3,(H,46,50)(H,47,49)(H,51,52). The lowest BCUT2D eigenvalue weighted by Gasteiger charge is -2.24. The van der Waals surface area contributed by atoms with Crippen LogP contribution >= 0.6 is 11.3 Å². The van der Waals surface area contributed by atoms with Crippen molar-refractivity contribution in [2.75, 3.05) is 6.61 Å². The van der Waals surface area contributed by atoms with Crippen LogP contribution in [0.3, 0.4) is 0 Å². The van der Waals surface area contributed by atoms with Gasteiger partial charge in [0.05, 0.1) is 11.5 Å². The van der Waals surface area contributed by atoms with E-state index in [-0.39, 0.29) is 17.4 Å². The number of nitrogens with one attached hydrogen (secondary N) is 2. The van der Waals surface area contributed by atoms with E-state index in [1.165, 1.54) is 43.1 Å². The molecule has 0 bridgehead atoms. The van der Waals surface area contributed by atoms with Gasteiger partial charge >= 0.3 is 5.97 Å². The van der Waals surface area contributed by atoms with Crippen LogP contribution in [-0.2, 0) is 21.4 Å². The summed E-state index contributed by atoms with van der Waals surface area (Å²) in [6, 6.07) is 15.9. The highest BCUT2D eigenvalue weighted by molar-refractivity contribution is 7.14. The topological polar surface area (TPSA) is 151 Å². The number of thiophene rings is 1. The molecular formula is C43H52N4O6S. The molecule has 0 saturated carbocycles. The molecule has 0 aliphatic heterocycles. The fourth-order valence-electron chi connectivity index (χ4n) is 5.65. The Morgan fingerprint density at radius 3 is 2.13 bits per heavy atom. The molecule has 0 fully saturated rings. The van der Waals surface area contributed by atoms with E-state index in [0.29, 0.717) is 22.9 Å². The molecule has 2 aromatic carbocycles. The number of unbranched alkanes of at least 4 members (excludes halogenated alkanes) is 4. The van der Waals surface area contributed by atoms with Gasteiger partial charge in [0, 0.05) is 34.8 Å². The largest absolute Gasteiger partial charge is 0.494 e. The molecule has 0 spiro atoms. The van der Waals surface area contributed by atoms with Crippen LogP contribution in [0.5, 0.6) is 5.75 Å². The number of aliphatic hydroxyl groups excluding tert-OH is 1. The van der Waals surface area contributed by atoms with Crippen molar-refractivity contribution in [1.82, 2.24) is 20.6 Å². The molecule has 3 atom stereocenters. The minimum Gasteiger partial charge on any atom is -0.494 e. The number of aromatic nitrogens is 2. The van der Waals surface area contributed by atoms with E-state index in [1.807, 2.05) is 75.4 Å². The lowest BCUT2D eigenvalue weighted by molar-refractivity contribution is -0.144. The van der Waals surface area contributed by atoms with E-state index >= 15 is 0 Å². The predicted molar refractivity (Wildman–Crippen MR) is 215 cm³/mol. The molecular weight excluding hydrogens is 701 g/mol. The zero-order chi connectivity index (χ0) is 39.3. The van der Waals surface area contributed by atoms with Crippen LogP contribution in [0.1, 0.15) is 86.8 Å². The second-order valence-corrected chi connectivity index (χ2v) is 15.4. The van der Waals surface area contributed by atoms with Gasteiger partial charge in [0.15, 0.2) is 11.9 Å². The summed E-state index contributed by atoms with van der Waals surface area (Å²) in [7, 11) is 0. The van der Waals surface area contributed by atoms with E-state index in [9.17, 15) is 24.6 Å². The van der Waals surface area contributed by atoms with Gasteiger partial charge in [0.25, 0.3) is 5.91 Å². The molecule has 0 saturated heterocycles. The number of carboxylic acids is 1. The van der Waals surface area contributed by atoms with Gasteiger partial charge in [-0.3, -0.25) is 9.59 Å². The van der Waals surface area contributed by atoms with E-state index < -0.39 is 36.0 Å². The van der Waals surface area contributed by atoms with Crippen LogP contribution in [0, 0.1) is 0 Å². The number of amides is 2. The molecule has 4 N–H and O–H groups in total. The van der Waals surface area contributed by atoms with Crippen molar-refractivity contribution in [2.45, 2.75) is 96.7 Å². The number of carbonyl (C=O) groups is 3. The van der Waals surface area contributed by atoms with E-state index in [2.05, 4.69) is 34.1 Å². The molecule has 0 aliphatic rings. The fourth-order valence-corrected chi connectivity index (χ4v) is 6.62. The Morgan fingerprint density at radius 2 is 1.54 bits per heavy atom. The van der Waals surface area contributed by atoms with Crippen molar-refractivity contribution in [3.05, 3.63) is 113 Å². The van der Waals surface area contributed by atoms with Gasteiger partial charge in [-0.05, 0) is 59.7 Å². The molecule has 54 heavy (non-hydrogen) atoms. The van der Waals surface area contributed by atoms with Crippen molar-refractivity contribution in [3.63, 3.8) is 0 Å². The molecule has 4 aromatic rings. The van der Waals surface area contributed by atoms with Gasteiger partial charge in [0.1, 0.15) is 17.9 Å². The molecule has 10 nitrogen and oxygen atoms in total. The number of aliphatic hydroxyl groups is 1. The number of carboxylic acid groups (broad SMARTS) is 1. The van der Waals surface area contributed by atoms with E-state index in [1.54, 1.807) is 31.5 Å². The van der Waals surface area contributed by atoms with Crippen molar-refractivity contribution >= 4 is 29.1 Å². The zero-order valence-electron chi connectivity index (χ0n) is 31.8. The zero-order valence-corrected chi connectivity index (χ0v) is 32.6. The predicted octanol–water partition coefficient (Wildman–Crippen LogP) is 7.92. The maximum absolute atomic E-state index is 13.7. The highest BCUT2D eigenvalue weighted by Gasteiger charge is 2.33. The third-order valence-corrected chi connectivity index (χ3v) is 10.3. The number of aliphatic carboxylic acids is 1. The third-order valence-electron chi connectivity index (χ3n) is 8.84. The summed E-state index contributed by atoms with van der Waals surface area (Å²) < 4.78 is 5.89. The minimum atomic E-state index is -1.69. The Hall–Kier alpha value is -5.13. The SMILES string of the molecule is C=C(C=CC)C(O)C(NC(=O)C(Cc1ccc(-c2ncc(-c3ccc(OCCCCCCC)cc3)cn2)cc1)NC(=O)c1ccc(C(C)(C)C)s1)C(=O)O. The lowest BCUT2D eigenvalue weighted by atomic mass is 9.95. The van der Waals surface area contributed by atoms with Crippen molar-refractivity contribution in [3.8, 4) is 28.3 Å².